The number of allylic oxidation sites excluding steroid dienone is 1. The van der Waals surface area contributed by atoms with Crippen molar-refractivity contribution in [2.45, 2.75) is 40.3 Å². The molecule has 2 rings (SSSR count). The van der Waals surface area contributed by atoms with Crippen LogP contribution in [-0.4, -0.2) is 11.3 Å². The smallest absolute Gasteiger partial charge is 0.416 e. The second-order valence-corrected chi connectivity index (χ2v) is 6.18. The Kier molecular flexibility index (Phi) is 9.19. The zero-order valence-corrected chi connectivity index (χ0v) is 17.1. The van der Waals surface area contributed by atoms with E-state index >= 15 is 0 Å². The van der Waals surface area contributed by atoms with Gasteiger partial charge in [0.1, 0.15) is 5.76 Å². The van der Waals surface area contributed by atoms with E-state index in [4.69, 9.17) is 0 Å². The maximum Gasteiger partial charge on any atom is 0.416 e. The fourth-order valence-electron chi connectivity index (χ4n) is 2.38. The molecule has 2 aromatic carbocycles. The van der Waals surface area contributed by atoms with Gasteiger partial charge in [-0.05, 0) is 56.3 Å². The zero-order chi connectivity index (χ0) is 22.0. The third-order valence-electron chi connectivity index (χ3n) is 3.66. The first-order valence-corrected chi connectivity index (χ1v) is 9.29. The Morgan fingerprint density at radius 2 is 1.69 bits per heavy atom. The van der Waals surface area contributed by atoms with Crippen LogP contribution in [0.1, 0.15) is 50.8 Å². The average Bonchev–Trinajstić information content (AvgIpc) is 2.67. The second kappa shape index (κ2) is 11.1. The van der Waals surface area contributed by atoms with E-state index in [9.17, 15) is 18.3 Å². The van der Waals surface area contributed by atoms with Gasteiger partial charge >= 0.3 is 6.18 Å². The van der Waals surface area contributed by atoms with E-state index < -0.39 is 11.7 Å². The largest absolute Gasteiger partial charge is 0.508 e. The molecule has 0 saturated heterocycles. The van der Waals surface area contributed by atoms with Crippen molar-refractivity contribution in [3.63, 3.8) is 0 Å². The fraction of sp³-hybridized carbons (Fsp3) is 0.261. The van der Waals surface area contributed by atoms with E-state index in [1.54, 1.807) is 37.4 Å². The van der Waals surface area contributed by atoms with Gasteiger partial charge in [-0.3, -0.25) is 4.99 Å². The predicted molar refractivity (Wildman–Crippen MR) is 117 cm³/mol. The minimum Gasteiger partial charge on any atom is -0.508 e. The summed E-state index contributed by atoms with van der Waals surface area (Å²) < 4.78 is 38.1. The monoisotopic (exact) mass is 404 g/mol. The van der Waals surface area contributed by atoms with Gasteiger partial charge in [0.25, 0.3) is 0 Å². The molecule has 0 radical (unpaired) electrons. The molecule has 0 heterocycles. The van der Waals surface area contributed by atoms with Crippen LogP contribution in [0, 0.1) is 0 Å². The summed E-state index contributed by atoms with van der Waals surface area (Å²) in [6.45, 7) is 11.4. The highest BCUT2D eigenvalue weighted by Gasteiger charge is 2.29. The van der Waals surface area contributed by atoms with Gasteiger partial charge in [0.15, 0.2) is 0 Å². The number of anilines is 2. The quantitative estimate of drug-likeness (QED) is 0.394. The minimum absolute atomic E-state index is 0.0803. The molecule has 2 aromatic rings. The maximum atomic E-state index is 12.7. The van der Waals surface area contributed by atoms with Crippen LogP contribution in [0.2, 0.25) is 0 Å². The number of aliphatic hydroxyl groups is 1. The summed E-state index contributed by atoms with van der Waals surface area (Å²) in [5.74, 6) is -0.0803. The topological polar surface area (TPSA) is 44.6 Å². The first-order chi connectivity index (χ1) is 13.7. The molecule has 0 unspecified atom stereocenters. The van der Waals surface area contributed by atoms with Gasteiger partial charge in [0, 0.05) is 28.7 Å². The third-order valence-corrected chi connectivity index (χ3v) is 3.66. The molecule has 2 N–H and O–H groups in total. The van der Waals surface area contributed by atoms with Crippen molar-refractivity contribution >= 4 is 29.0 Å². The van der Waals surface area contributed by atoms with Gasteiger partial charge < -0.3 is 10.4 Å². The number of nitrogens with zero attached hydrogens (tertiary/aromatic N) is 1. The van der Waals surface area contributed by atoms with E-state index in [1.165, 1.54) is 18.6 Å². The second-order valence-electron chi connectivity index (χ2n) is 6.18. The molecule has 6 heteroatoms. The molecular weight excluding hydrogens is 377 g/mol. The number of benzene rings is 2. The summed E-state index contributed by atoms with van der Waals surface area (Å²) in [5, 5.41) is 12.7. The standard InChI is InChI=1S/C20H19F3N2O.C3H8/c1-4-18(24-5-2)17-12-14(13(3)26)6-11-19(17)25-16-9-7-15(8-10-16)20(21,22)23;1-3-2/h4-12,25-26H,3H2,1-2H3;3H2,1-2H3/b18-4-,24-5?;. The molecular formula is C23H27F3N2O. The lowest BCUT2D eigenvalue weighted by Crippen LogP contribution is -2.04. The van der Waals surface area contributed by atoms with Crippen LogP contribution in [0.4, 0.5) is 24.5 Å². The minimum atomic E-state index is -4.37. The van der Waals surface area contributed by atoms with Gasteiger partial charge in [-0.1, -0.05) is 32.9 Å². The molecule has 0 aliphatic rings. The van der Waals surface area contributed by atoms with E-state index in [1.807, 2.05) is 6.92 Å². The normalized spacial score (nSPS) is 11.8. The molecule has 156 valence electrons. The fourth-order valence-corrected chi connectivity index (χ4v) is 2.38. The molecule has 0 fully saturated rings. The van der Waals surface area contributed by atoms with Gasteiger partial charge in [0.2, 0.25) is 0 Å². The molecule has 0 aliphatic carbocycles. The summed E-state index contributed by atoms with van der Waals surface area (Å²) in [6.07, 6.45) is 0.315. The van der Waals surface area contributed by atoms with Crippen LogP contribution >= 0.6 is 0 Å². The van der Waals surface area contributed by atoms with Crippen LogP contribution in [-0.2, 0) is 6.18 Å². The number of nitrogens with one attached hydrogen (secondary N) is 1. The zero-order valence-electron chi connectivity index (χ0n) is 17.1. The number of aliphatic hydroxyl groups excluding tert-OH is 1. The molecule has 0 amide bonds. The average molecular weight is 404 g/mol. The van der Waals surface area contributed by atoms with Gasteiger partial charge in [-0.15, -0.1) is 0 Å². The summed E-state index contributed by atoms with van der Waals surface area (Å²) in [7, 11) is 0. The Hall–Kier alpha value is -3.02. The van der Waals surface area contributed by atoms with Crippen LogP contribution < -0.4 is 5.32 Å². The summed E-state index contributed by atoms with van der Waals surface area (Å²) in [6, 6.07) is 9.88. The third kappa shape index (κ3) is 7.14. The van der Waals surface area contributed by atoms with Crippen molar-refractivity contribution in [2.24, 2.45) is 4.99 Å². The molecule has 0 saturated carbocycles. The highest BCUT2D eigenvalue weighted by molar-refractivity contribution is 5.83. The molecule has 0 spiro atoms. The van der Waals surface area contributed by atoms with Crippen molar-refractivity contribution in [3.8, 4) is 0 Å². The Bertz CT molecular complexity index is 867. The number of hydrogen-bond donors (Lipinski definition) is 2. The van der Waals surface area contributed by atoms with Crippen molar-refractivity contribution in [3.05, 3.63) is 71.8 Å². The van der Waals surface area contributed by atoms with Gasteiger partial charge in [0.05, 0.1) is 11.3 Å². The van der Waals surface area contributed by atoms with Gasteiger partial charge in [-0.25, -0.2) is 0 Å². The summed E-state index contributed by atoms with van der Waals surface area (Å²) in [5.41, 5.74) is 2.32. The van der Waals surface area contributed by atoms with Crippen LogP contribution in [0.3, 0.4) is 0 Å². The van der Waals surface area contributed by atoms with Crippen molar-refractivity contribution < 1.29 is 18.3 Å². The molecule has 0 atom stereocenters. The lowest BCUT2D eigenvalue weighted by Gasteiger charge is -2.15. The Balaban J connectivity index is 0.00000132. The van der Waals surface area contributed by atoms with E-state index in [-0.39, 0.29) is 5.76 Å². The molecule has 0 aliphatic heterocycles. The predicted octanol–water partition coefficient (Wildman–Crippen LogP) is 7.85. The highest BCUT2D eigenvalue weighted by Crippen LogP contribution is 2.33. The lowest BCUT2D eigenvalue weighted by molar-refractivity contribution is -0.137. The number of rotatable bonds is 5. The first-order valence-electron chi connectivity index (χ1n) is 9.29. The summed E-state index contributed by atoms with van der Waals surface area (Å²) in [4.78, 5) is 4.30. The molecule has 0 bridgehead atoms. The van der Waals surface area contributed by atoms with Crippen molar-refractivity contribution in [1.29, 1.82) is 0 Å². The van der Waals surface area contributed by atoms with Crippen LogP contribution in [0.25, 0.3) is 11.5 Å². The molecule has 0 aromatic heterocycles. The van der Waals surface area contributed by atoms with Crippen LogP contribution in [0.5, 0.6) is 0 Å². The Morgan fingerprint density at radius 1 is 1.10 bits per heavy atom. The number of aliphatic imine (C=N–C) groups is 1. The Morgan fingerprint density at radius 3 is 2.14 bits per heavy atom. The number of halogens is 3. The maximum absolute atomic E-state index is 12.7. The first kappa shape index (κ1) is 24.0. The van der Waals surface area contributed by atoms with Crippen molar-refractivity contribution in [2.75, 3.05) is 5.32 Å². The summed E-state index contributed by atoms with van der Waals surface area (Å²) >= 11 is 0. The molecule has 3 nitrogen and oxygen atoms in total. The molecule has 29 heavy (non-hydrogen) atoms. The Labute approximate surface area is 170 Å². The van der Waals surface area contributed by atoms with E-state index in [0.29, 0.717) is 28.2 Å². The lowest BCUT2D eigenvalue weighted by atomic mass is 10.0. The van der Waals surface area contributed by atoms with Gasteiger partial charge in [-0.2, -0.15) is 13.2 Å². The van der Waals surface area contributed by atoms with E-state index in [0.717, 1.165) is 12.1 Å². The highest BCUT2D eigenvalue weighted by atomic mass is 19.4. The SMILES string of the molecule is C=C(O)c1ccc(Nc2ccc(C(F)(F)F)cc2)c(/C(=C/C)N=CC)c1.CCC. The van der Waals surface area contributed by atoms with E-state index in [2.05, 4.69) is 30.7 Å². The van der Waals surface area contributed by atoms with Crippen molar-refractivity contribution in [1.82, 2.24) is 0 Å². The van der Waals surface area contributed by atoms with Crippen LogP contribution in [0.15, 0.2) is 60.1 Å². The number of hydrogen-bond acceptors (Lipinski definition) is 3. The number of alkyl halides is 3.